The molecule has 2 aromatic rings. The molecule has 1 heterocycles. The second kappa shape index (κ2) is 7.01. The molecule has 0 aliphatic rings. The maximum atomic E-state index is 12.2. The average Bonchev–Trinajstić information content (AvgIpc) is 2.93. The number of nitrogens with one attached hydrogen (secondary N) is 2. The lowest BCUT2D eigenvalue weighted by molar-refractivity contribution is -0.114. The Bertz CT molecular complexity index is 625. The molecule has 0 spiro atoms. The molecule has 0 saturated carbocycles. The summed E-state index contributed by atoms with van der Waals surface area (Å²) < 4.78 is 0. The van der Waals surface area contributed by atoms with Crippen molar-refractivity contribution in [2.45, 2.75) is 13.0 Å². The standard InChI is InChI=1S/C15H16N2O3S/c1-10(19)16-14-8-7-13(21-14)15(20)17-12(9-18)11-5-3-2-4-6-11/h2-8,12,18H,9H2,1H3,(H,16,19)(H,17,20). The molecule has 0 saturated heterocycles. The van der Waals surface area contributed by atoms with Crippen LogP contribution < -0.4 is 10.6 Å². The average molecular weight is 304 g/mol. The molecule has 5 nitrogen and oxygen atoms in total. The topological polar surface area (TPSA) is 78.4 Å². The summed E-state index contributed by atoms with van der Waals surface area (Å²) in [7, 11) is 0. The number of hydrogen-bond acceptors (Lipinski definition) is 4. The summed E-state index contributed by atoms with van der Waals surface area (Å²) in [4.78, 5) is 23.6. The zero-order chi connectivity index (χ0) is 15.2. The molecule has 1 aromatic heterocycles. The Labute approximate surface area is 126 Å². The van der Waals surface area contributed by atoms with Crippen molar-refractivity contribution in [2.75, 3.05) is 11.9 Å². The molecule has 1 atom stereocenters. The van der Waals surface area contributed by atoms with E-state index >= 15 is 0 Å². The van der Waals surface area contributed by atoms with Crippen LogP contribution >= 0.6 is 11.3 Å². The molecular weight excluding hydrogens is 288 g/mol. The molecule has 0 aliphatic heterocycles. The molecule has 2 amide bonds. The fourth-order valence-corrected chi connectivity index (χ4v) is 2.71. The first-order valence-corrected chi connectivity index (χ1v) is 7.26. The zero-order valence-electron chi connectivity index (χ0n) is 11.5. The van der Waals surface area contributed by atoms with Crippen LogP contribution in [-0.2, 0) is 4.79 Å². The van der Waals surface area contributed by atoms with Gasteiger partial charge in [0.15, 0.2) is 0 Å². The minimum absolute atomic E-state index is 0.179. The van der Waals surface area contributed by atoms with E-state index in [1.807, 2.05) is 30.3 Å². The second-order valence-corrected chi connectivity index (χ2v) is 5.55. The molecule has 1 unspecified atom stereocenters. The quantitative estimate of drug-likeness (QED) is 0.792. The smallest absolute Gasteiger partial charge is 0.261 e. The Balaban J connectivity index is 2.06. The van der Waals surface area contributed by atoms with Crippen molar-refractivity contribution in [3.63, 3.8) is 0 Å². The lowest BCUT2D eigenvalue weighted by atomic mass is 10.1. The summed E-state index contributed by atoms with van der Waals surface area (Å²) in [5, 5.41) is 15.5. The highest BCUT2D eigenvalue weighted by molar-refractivity contribution is 7.18. The SMILES string of the molecule is CC(=O)Nc1ccc(C(=O)NC(CO)c2ccccc2)s1. The van der Waals surface area contributed by atoms with Gasteiger partial charge in [-0.15, -0.1) is 11.3 Å². The normalized spacial score (nSPS) is 11.7. The Kier molecular flexibility index (Phi) is 5.08. The van der Waals surface area contributed by atoms with Gasteiger partial charge in [-0.2, -0.15) is 0 Å². The molecule has 21 heavy (non-hydrogen) atoms. The Morgan fingerprint density at radius 1 is 1.19 bits per heavy atom. The number of aliphatic hydroxyl groups excluding tert-OH is 1. The number of carbonyl (C=O) groups excluding carboxylic acids is 2. The van der Waals surface area contributed by atoms with Crippen LogP contribution in [0.2, 0.25) is 0 Å². The van der Waals surface area contributed by atoms with E-state index in [0.717, 1.165) is 5.56 Å². The predicted octanol–water partition coefficient (Wildman–Crippen LogP) is 2.17. The highest BCUT2D eigenvalue weighted by Crippen LogP contribution is 2.22. The fourth-order valence-electron chi connectivity index (χ4n) is 1.85. The molecule has 0 radical (unpaired) electrons. The summed E-state index contributed by atoms with van der Waals surface area (Å²) in [6.45, 7) is 1.23. The van der Waals surface area contributed by atoms with Crippen LogP contribution in [0.1, 0.15) is 28.2 Å². The Morgan fingerprint density at radius 3 is 2.52 bits per heavy atom. The minimum atomic E-state index is -0.454. The van der Waals surface area contributed by atoms with Crippen molar-refractivity contribution in [1.82, 2.24) is 5.32 Å². The van der Waals surface area contributed by atoms with Gasteiger partial charge in [0.05, 0.1) is 22.5 Å². The van der Waals surface area contributed by atoms with Crippen molar-refractivity contribution >= 4 is 28.2 Å². The first-order chi connectivity index (χ1) is 10.1. The molecule has 110 valence electrons. The molecule has 2 rings (SSSR count). The van der Waals surface area contributed by atoms with Crippen molar-refractivity contribution in [3.8, 4) is 0 Å². The van der Waals surface area contributed by atoms with Crippen molar-refractivity contribution in [1.29, 1.82) is 0 Å². The fraction of sp³-hybridized carbons (Fsp3) is 0.200. The van der Waals surface area contributed by atoms with Gasteiger partial charge in [0.25, 0.3) is 5.91 Å². The summed E-state index contributed by atoms with van der Waals surface area (Å²) in [6, 6.07) is 12.1. The number of anilines is 1. The van der Waals surface area contributed by atoms with Gasteiger partial charge < -0.3 is 15.7 Å². The summed E-state index contributed by atoms with van der Waals surface area (Å²) >= 11 is 1.19. The van der Waals surface area contributed by atoms with Crippen molar-refractivity contribution < 1.29 is 14.7 Å². The van der Waals surface area contributed by atoms with Gasteiger partial charge >= 0.3 is 0 Å². The number of hydrogen-bond donors (Lipinski definition) is 3. The van der Waals surface area contributed by atoms with Gasteiger partial charge in [-0.25, -0.2) is 0 Å². The van der Waals surface area contributed by atoms with Crippen LogP contribution in [0.15, 0.2) is 42.5 Å². The van der Waals surface area contributed by atoms with E-state index < -0.39 is 6.04 Å². The van der Waals surface area contributed by atoms with E-state index in [1.165, 1.54) is 18.3 Å². The van der Waals surface area contributed by atoms with Gasteiger partial charge in [0.1, 0.15) is 0 Å². The number of aliphatic hydroxyl groups is 1. The van der Waals surface area contributed by atoms with E-state index in [1.54, 1.807) is 12.1 Å². The summed E-state index contributed by atoms with van der Waals surface area (Å²) in [6.07, 6.45) is 0. The van der Waals surface area contributed by atoms with Gasteiger partial charge in [-0.05, 0) is 17.7 Å². The summed E-state index contributed by atoms with van der Waals surface area (Å²) in [5.74, 6) is -0.458. The first-order valence-electron chi connectivity index (χ1n) is 6.44. The van der Waals surface area contributed by atoms with Crippen LogP contribution in [0.5, 0.6) is 0 Å². The number of rotatable bonds is 5. The molecule has 0 fully saturated rings. The third-order valence-corrected chi connectivity index (χ3v) is 3.82. The molecular formula is C15H16N2O3S. The predicted molar refractivity (Wildman–Crippen MR) is 82.4 cm³/mol. The molecule has 6 heteroatoms. The Morgan fingerprint density at radius 2 is 1.90 bits per heavy atom. The number of benzene rings is 1. The van der Waals surface area contributed by atoms with Crippen molar-refractivity contribution in [2.24, 2.45) is 0 Å². The molecule has 3 N–H and O–H groups in total. The third kappa shape index (κ3) is 4.14. The van der Waals surface area contributed by atoms with Crippen LogP contribution in [0.4, 0.5) is 5.00 Å². The zero-order valence-corrected chi connectivity index (χ0v) is 12.3. The maximum Gasteiger partial charge on any atom is 0.261 e. The second-order valence-electron chi connectivity index (χ2n) is 4.46. The van der Waals surface area contributed by atoms with E-state index in [-0.39, 0.29) is 18.4 Å². The first kappa shape index (κ1) is 15.2. The van der Waals surface area contributed by atoms with E-state index in [2.05, 4.69) is 10.6 Å². The molecule has 0 bridgehead atoms. The number of carbonyl (C=O) groups is 2. The third-order valence-electron chi connectivity index (χ3n) is 2.82. The van der Waals surface area contributed by atoms with Crippen LogP contribution in [0.25, 0.3) is 0 Å². The highest BCUT2D eigenvalue weighted by Gasteiger charge is 2.16. The van der Waals surface area contributed by atoms with E-state index in [4.69, 9.17) is 0 Å². The Hall–Kier alpha value is -2.18. The molecule has 1 aromatic carbocycles. The lowest BCUT2D eigenvalue weighted by Crippen LogP contribution is -2.30. The highest BCUT2D eigenvalue weighted by atomic mass is 32.1. The maximum absolute atomic E-state index is 12.2. The van der Waals surface area contributed by atoms with Gasteiger partial charge in [-0.1, -0.05) is 30.3 Å². The largest absolute Gasteiger partial charge is 0.394 e. The van der Waals surface area contributed by atoms with Crippen LogP contribution in [-0.4, -0.2) is 23.5 Å². The van der Waals surface area contributed by atoms with Crippen LogP contribution in [0.3, 0.4) is 0 Å². The monoisotopic (exact) mass is 304 g/mol. The number of thiophene rings is 1. The number of amides is 2. The summed E-state index contributed by atoms with van der Waals surface area (Å²) in [5.41, 5.74) is 0.840. The van der Waals surface area contributed by atoms with E-state index in [9.17, 15) is 14.7 Å². The van der Waals surface area contributed by atoms with Gasteiger partial charge in [0, 0.05) is 6.92 Å². The lowest BCUT2D eigenvalue weighted by Gasteiger charge is -2.16. The van der Waals surface area contributed by atoms with Gasteiger partial charge in [0.2, 0.25) is 5.91 Å². The van der Waals surface area contributed by atoms with Crippen LogP contribution in [0, 0.1) is 0 Å². The minimum Gasteiger partial charge on any atom is -0.394 e. The van der Waals surface area contributed by atoms with Crippen molar-refractivity contribution in [3.05, 3.63) is 52.9 Å². The molecule has 0 aliphatic carbocycles. The van der Waals surface area contributed by atoms with Gasteiger partial charge in [-0.3, -0.25) is 9.59 Å². The van der Waals surface area contributed by atoms with E-state index in [0.29, 0.717) is 9.88 Å².